The molecule has 6 nitrogen and oxygen atoms in total. The van der Waals surface area contributed by atoms with Crippen LogP contribution in [0.15, 0.2) is 48.5 Å². The standard InChI is InChI=1S/C21H22O6/c1-20(2)26-18(22)21(19(23)27-20,15-8-6-5-7-9-15)13-14-10-11-16(24-3)17(12-14)25-4/h5-12H,13H2,1-4H3. The van der Waals surface area contributed by atoms with Gasteiger partial charge in [-0.1, -0.05) is 36.4 Å². The smallest absolute Gasteiger partial charge is 0.331 e. The predicted octanol–water partition coefficient (Wildman–Crippen LogP) is 3.02. The zero-order valence-electron chi connectivity index (χ0n) is 15.8. The average Bonchev–Trinajstić information content (AvgIpc) is 2.64. The molecule has 142 valence electrons. The number of carbonyl (C=O) groups is 2. The summed E-state index contributed by atoms with van der Waals surface area (Å²) in [5.74, 6) is -1.50. The summed E-state index contributed by atoms with van der Waals surface area (Å²) in [4.78, 5) is 26.1. The highest BCUT2D eigenvalue weighted by atomic mass is 16.7. The molecule has 2 aromatic rings. The second kappa shape index (κ2) is 6.95. The fraction of sp³-hybridized carbons (Fsp3) is 0.333. The van der Waals surface area contributed by atoms with E-state index in [9.17, 15) is 9.59 Å². The van der Waals surface area contributed by atoms with Gasteiger partial charge in [-0.25, -0.2) is 0 Å². The van der Waals surface area contributed by atoms with E-state index >= 15 is 0 Å². The Morgan fingerprint density at radius 2 is 1.44 bits per heavy atom. The number of carbonyl (C=O) groups excluding carboxylic acids is 2. The van der Waals surface area contributed by atoms with Gasteiger partial charge < -0.3 is 18.9 Å². The minimum atomic E-state index is -1.59. The molecular weight excluding hydrogens is 348 g/mol. The van der Waals surface area contributed by atoms with Crippen molar-refractivity contribution in [3.8, 4) is 11.5 Å². The molecule has 27 heavy (non-hydrogen) atoms. The molecule has 0 atom stereocenters. The van der Waals surface area contributed by atoms with Crippen molar-refractivity contribution in [3.63, 3.8) is 0 Å². The van der Waals surface area contributed by atoms with Gasteiger partial charge in [0.25, 0.3) is 5.79 Å². The molecule has 1 aliphatic heterocycles. The van der Waals surface area contributed by atoms with E-state index < -0.39 is 23.1 Å². The van der Waals surface area contributed by atoms with Gasteiger partial charge in [0, 0.05) is 20.3 Å². The van der Waals surface area contributed by atoms with Crippen molar-refractivity contribution < 1.29 is 28.5 Å². The molecule has 1 heterocycles. The fourth-order valence-corrected chi connectivity index (χ4v) is 3.23. The number of rotatable bonds is 5. The van der Waals surface area contributed by atoms with E-state index in [0.717, 1.165) is 0 Å². The number of methoxy groups -OCH3 is 2. The summed E-state index contributed by atoms with van der Waals surface area (Å²) in [7, 11) is 3.07. The third-order valence-corrected chi connectivity index (χ3v) is 4.56. The van der Waals surface area contributed by atoms with E-state index in [0.29, 0.717) is 22.6 Å². The normalized spacial score (nSPS) is 17.6. The predicted molar refractivity (Wildman–Crippen MR) is 97.6 cm³/mol. The summed E-state index contributed by atoms with van der Waals surface area (Å²) in [6.07, 6.45) is 0.0745. The van der Waals surface area contributed by atoms with Crippen LogP contribution in [0.5, 0.6) is 11.5 Å². The van der Waals surface area contributed by atoms with Gasteiger partial charge in [0.15, 0.2) is 16.9 Å². The van der Waals surface area contributed by atoms with Crippen molar-refractivity contribution in [1.29, 1.82) is 0 Å². The summed E-state index contributed by atoms with van der Waals surface area (Å²) < 4.78 is 21.5. The van der Waals surface area contributed by atoms with Crippen molar-refractivity contribution in [3.05, 3.63) is 59.7 Å². The molecule has 2 aromatic carbocycles. The summed E-state index contributed by atoms with van der Waals surface area (Å²) in [5.41, 5.74) is -0.355. The number of benzene rings is 2. The van der Waals surface area contributed by atoms with Crippen molar-refractivity contribution in [2.45, 2.75) is 31.5 Å². The fourth-order valence-electron chi connectivity index (χ4n) is 3.23. The minimum absolute atomic E-state index is 0.0745. The second-order valence-corrected chi connectivity index (χ2v) is 6.82. The Kier molecular flexibility index (Phi) is 4.83. The third-order valence-electron chi connectivity index (χ3n) is 4.56. The first-order chi connectivity index (χ1) is 12.8. The highest BCUT2D eigenvalue weighted by Crippen LogP contribution is 2.39. The van der Waals surface area contributed by atoms with E-state index in [2.05, 4.69) is 0 Å². The molecule has 0 spiro atoms. The lowest BCUT2D eigenvalue weighted by molar-refractivity contribution is -0.243. The van der Waals surface area contributed by atoms with Crippen molar-refractivity contribution in [2.75, 3.05) is 14.2 Å². The van der Waals surface area contributed by atoms with Crippen molar-refractivity contribution in [1.82, 2.24) is 0 Å². The number of hydrogen-bond donors (Lipinski definition) is 0. The third kappa shape index (κ3) is 3.35. The lowest BCUT2D eigenvalue weighted by Gasteiger charge is -2.40. The van der Waals surface area contributed by atoms with Gasteiger partial charge in [-0.05, 0) is 23.3 Å². The zero-order chi connectivity index (χ0) is 19.7. The first-order valence-corrected chi connectivity index (χ1v) is 8.56. The molecule has 0 aromatic heterocycles. The van der Waals surface area contributed by atoms with Gasteiger partial charge >= 0.3 is 11.9 Å². The Labute approximate surface area is 158 Å². The van der Waals surface area contributed by atoms with E-state index in [1.54, 1.807) is 49.6 Å². The molecule has 0 saturated carbocycles. The van der Waals surface area contributed by atoms with Crippen LogP contribution in [0.3, 0.4) is 0 Å². The molecule has 1 saturated heterocycles. The second-order valence-electron chi connectivity index (χ2n) is 6.82. The molecule has 0 N–H and O–H groups in total. The lowest BCUT2D eigenvalue weighted by atomic mass is 9.74. The maximum atomic E-state index is 13.0. The average molecular weight is 370 g/mol. The van der Waals surface area contributed by atoms with Gasteiger partial charge in [-0.15, -0.1) is 0 Å². The minimum Gasteiger partial charge on any atom is -0.493 e. The van der Waals surface area contributed by atoms with E-state index in [-0.39, 0.29) is 6.42 Å². The van der Waals surface area contributed by atoms with Crippen LogP contribution in [0.4, 0.5) is 0 Å². The molecule has 6 heteroatoms. The Bertz CT molecular complexity index is 836. The molecular formula is C21H22O6. The summed E-state index contributed by atoms with van der Waals surface area (Å²) in [6.45, 7) is 3.07. The number of cyclic esters (lactones) is 2. The first-order valence-electron chi connectivity index (χ1n) is 8.56. The van der Waals surface area contributed by atoms with E-state index in [1.165, 1.54) is 21.0 Å². The van der Waals surface area contributed by atoms with Gasteiger partial charge in [-0.2, -0.15) is 0 Å². The van der Waals surface area contributed by atoms with Crippen LogP contribution in [0.25, 0.3) is 0 Å². The molecule has 0 radical (unpaired) electrons. The van der Waals surface area contributed by atoms with Crippen LogP contribution in [-0.2, 0) is 30.9 Å². The number of ether oxygens (including phenoxy) is 4. The number of hydrogen-bond acceptors (Lipinski definition) is 6. The quantitative estimate of drug-likeness (QED) is 0.595. The highest BCUT2D eigenvalue weighted by Gasteiger charge is 2.57. The van der Waals surface area contributed by atoms with Crippen molar-refractivity contribution in [2.24, 2.45) is 0 Å². The van der Waals surface area contributed by atoms with Crippen molar-refractivity contribution >= 4 is 11.9 Å². The van der Waals surface area contributed by atoms with Crippen LogP contribution in [-0.4, -0.2) is 31.9 Å². The van der Waals surface area contributed by atoms with Crippen LogP contribution >= 0.6 is 0 Å². The van der Waals surface area contributed by atoms with Gasteiger partial charge in [-0.3, -0.25) is 9.59 Å². The van der Waals surface area contributed by atoms with Crippen LogP contribution in [0, 0.1) is 0 Å². The summed E-state index contributed by atoms with van der Waals surface area (Å²) in [6, 6.07) is 14.1. The van der Waals surface area contributed by atoms with Crippen LogP contribution in [0.2, 0.25) is 0 Å². The largest absolute Gasteiger partial charge is 0.493 e. The first kappa shape index (κ1) is 18.8. The van der Waals surface area contributed by atoms with Gasteiger partial charge in [0.05, 0.1) is 14.2 Å². The number of esters is 2. The Morgan fingerprint density at radius 3 is 2.00 bits per heavy atom. The topological polar surface area (TPSA) is 71.1 Å². The molecule has 0 amide bonds. The summed E-state index contributed by atoms with van der Waals surface area (Å²) >= 11 is 0. The van der Waals surface area contributed by atoms with E-state index in [1.807, 2.05) is 6.07 Å². The molecule has 1 fully saturated rings. The van der Waals surface area contributed by atoms with Crippen LogP contribution < -0.4 is 9.47 Å². The maximum absolute atomic E-state index is 13.0. The lowest BCUT2D eigenvalue weighted by Crippen LogP contribution is -2.57. The molecule has 1 aliphatic rings. The summed E-state index contributed by atoms with van der Waals surface area (Å²) in [5, 5.41) is 0. The molecule has 3 rings (SSSR count). The monoisotopic (exact) mass is 370 g/mol. The van der Waals surface area contributed by atoms with Crippen LogP contribution in [0.1, 0.15) is 25.0 Å². The highest BCUT2D eigenvalue weighted by molar-refractivity contribution is 6.08. The zero-order valence-corrected chi connectivity index (χ0v) is 15.8. The molecule has 0 unspecified atom stereocenters. The molecule has 0 bridgehead atoms. The van der Waals surface area contributed by atoms with Gasteiger partial charge in [0.2, 0.25) is 0 Å². The molecule has 0 aliphatic carbocycles. The Balaban J connectivity index is 2.10. The van der Waals surface area contributed by atoms with Gasteiger partial charge in [0.1, 0.15) is 0 Å². The maximum Gasteiger partial charge on any atom is 0.331 e. The SMILES string of the molecule is COc1ccc(CC2(c3ccccc3)C(=O)OC(C)(C)OC2=O)cc1OC. The Morgan fingerprint density at radius 1 is 0.852 bits per heavy atom. The van der Waals surface area contributed by atoms with E-state index in [4.69, 9.17) is 18.9 Å². The Hall–Kier alpha value is -3.02.